The standard InChI is InChI=1S/C12H16ClN3O/c1-9(17)15-5-7-16(8-6-15)12-10(13)3-2-4-11(12)14/h2-4H,5-8,14H2,1H3. The molecule has 0 aromatic heterocycles. The largest absolute Gasteiger partial charge is 0.397 e. The lowest BCUT2D eigenvalue weighted by Crippen LogP contribution is -2.48. The molecule has 0 radical (unpaired) electrons. The molecule has 0 unspecified atom stereocenters. The third kappa shape index (κ3) is 2.47. The monoisotopic (exact) mass is 253 g/mol. The summed E-state index contributed by atoms with van der Waals surface area (Å²) in [6.45, 7) is 4.58. The first-order valence-corrected chi connectivity index (χ1v) is 6.02. The number of benzene rings is 1. The number of para-hydroxylation sites is 1. The minimum atomic E-state index is 0.122. The summed E-state index contributed by atoms with van der Waals surface area (Å²) in [4.78, 5) is 15.2. The molecule has 1 amide bonds. The van der Waals surface area contributed by atoms with Crippen LogP contribution in [0.25, 0.3) is 0 Å². The van der Waals surface area contributed by atoms with Crippen molar-refractivity contribution in [1.82, 2.24) is 4.90 Å². The van der Waals surface area contributed by atoms with Crippen LogP contribution in [0.5, 0.6) is 0 Å². The van der Waals surface area contributed by atoms with Crippen LogP contribution in [0.2, 0.25) is 5.02 Å². The predicted molar refractivity (Wildman–Crippen MR) is 70.3 cm³/mol. The van der Waals surface area contributed by atoms with Crippen molar-refractivity contribution in [2.75, 3.05) is 36.8 Å². The van der Waals surface area contributed by atoms with Gasteiger partial charge in [0.15, 0.2) is 0 Å². The Labute approximate surface area is 106 Å². The molecule has 1 aromatic rings. The van der Waals surface area contributed by atoms with E-state index >= 15 is 0 Å². The van der Waals surface area contributed by atoms with Gasteiger partial charge in [0.2, 0.25) is 5.91 Å². The smallest absolute Gasteiger partial charge is 0.219 e. The average molecular weight is 254 g/mol. The fourth-order valence-electron chi connectivity index (χ4n) is 2.11. The van der Waals surface area contributed by atoms with Gasteiger partial charge in [0.1, 0.15) is 0 Å². The molecule has 1 aliphatic heterocycles. The fourth-order valence-corrected chi connectivity index (χ4v) is 2.41. The Morgan fingerprint density at radius 2 is 1.94 bits per heavy atom. The Kier molecular flexibility index (Phi) is 3.43. The third-order valence-corrected chi connectivity index (χ3v) is 3.36. The molecule has 1 aliphatic rings. The minimum absolute atomic E-state index is 0.122. The molecule has 0 spiro atoms. The van der Waals surface area contributed by atoms with Crippen molar-refractivity contribution in [1.29, 1.82) is 0 Å². The second-order valence-electron chi connectivity index (χ2n) is 4.17. The zero-order valence-electron chi connectivity index (χ0n) is 9.82. The SMILES string of the molecule is CC(=O)N1CCN(c2c(N)cccc2Cl)CC1. The number of hydrogen-bond acceptors (Lipinski definition) is 3. The van der Waals surface area contributed by atoms with E-state index in [4.69, 9.17) is 17.3 Å². The maximum Gasteiger partial charge on any atom is 0.219 e. The first-order valence-electron chi connectivity index (χ1n) is 5.64. The summed E-state index contributed by atoms with van der Waals surface area (Å²) in [6, 6.07) is 5.52. The van der Waals surface area contributed by atoms with E-state index in [2.05, 4.69) is 4.90 Å². The summed E-state index contributed by atoms with van der Waals surface area (Å²) in [6.07, 6.45) is 0. The van der Waals surface area contributed by atoms with Crippen molar-refractivity contribution in [2.24, 2.45) is 0 Å². The van der Waals surface area contributed by atoms with Gasteiger partial charge in [-0.15, -0.1) is 0 Å². The lowest BCUT2D eigenvalue weighted by Gasteiger charge is -2.36. The van der Waals surface area contributed by atoms with Crippen LogP contribution < -0.4 is 10.6 Å². The number of nitrogens with two attached hydrogens (primary N) is 1. The van der Waals surface area contributed by atoms with E-state index in [1.165, 1.54) is 0 Å². The van der Waals surface area contributed by atoms with Crippen LogP contribution in [-0.2, 0) is 4.79 Å². The normalized spacial score (nSPS) is 16.1. The topological polar surface area (TPSA) is 49.6 Å². The Morgan fingerprint density at radius 1 is 1.29 bits per heavy atom. The zero-order chi connectivity index (χ0) is 12.4. The Morgan fingerprint density at radius 3 is 2.47 bits per heavy atom. The summed E-state index contributed by atoms with van der Waals surface area (Å²) in [5.74, 6) is 0.122. The van der Waals surface area contributed by atoms with Gasteiger partial charge in [-0.3, -0.25) is 4.79 Å². The number of rotatable bonds is 1. The predicted octanol–water partition coefficient (Wildman–Crippen LogP) is 1.59. The van der Waals surface area contributed by atoms with Crippen LogP contribution in [0.3, 0.4) is 0 Å². The van der Waals surface area contributed by atoms with Crippen LogP contribution in [0.4, 0.5) is 11.4 Å². The summed E-state index contributed by atoms with van der Waals surface area (Å²) in [5, 5.41) is 0.668. The summed E-state index contributed by atoms with van der Waals surface area (Å²) < 4.78 is 0. The van der Waals surface area contributed by atoms with E-state index in [1.54, 1.807) is 6.92 Å². The fraction of sp³-hybridized carbons (Fsp3) is 0.417. The molecule has 1 saturated heterocycles. The molecule has 0 aliphatic carbocycles. The van der Waals surface area contributed by atoms with Gasteiger partial charge in [-0.25, -0.2) is 0 Å². The molecule has 4 nitrogen and oxygen atoms in total. The second-order valence-corrected chi connectivity index (χ2v) is 4.58. The van der Waals surface area contributed by atoms with Gasteiger partial charge >= 0.3 is 0 Å². The number of nitrogen functional groups attached to an aromatic ring is 1. The van der Waals surface area contributed by atoms with E-state index in [1.807, 2.05) is 23.1 Å². The van der Waals surface area contributed by atoms with Crippen LogP contribution in [0, 0.1) is 0 Å². The molecule has 0 atom stereocenters. The summed E-state index contributed by atoms with van der Waals surface area (Å²) in [7, 11) is 0. The van der Waals surface area contributed by atoms with Crippen molar-refractivity contribution in [2.45, 2.75) is 6.92 Å². The lowest BCUT2D eigenvalue weighted by molar-refractivity contribution is -0.129. The van der Waals surface area contributed by atoms with Gasteiger partial charge in [-0.05, 0) is 12.1 Å². The number of piperazine rings is 1. The van der Waals surface area contributed by atoms with Gasteiger partial charge < -0.3 is 15.5 Å². The lowest BCUT2D eigenvalue weighted by atomic mass is 10.2. The number of halogens is 1. The number of nitrogens with zero attached hydrogens (tertiary/aromatic N) is 2. The molecular weight excluding hydrogens is 238 g/mol. The molecule has 17 heavy (non-hydrogen) atoms. The molecule has 5 heteroatoms. The highest BCUT2D eigenvalue weighted by molar-refractivity contribution is 6.34. The van der Waals surface area contributed by atoms with Gasteiger partial charge in [0.25, 0.3) is 0 Å². The number of carbonyl (C=O) groups is 1. The summed E-state index contributed by atoms with van der Waals surface area (Å²) >= 11 is 6.16. The first kappa shape index (κ1) is 12.0. The van der Waals surface area contributed by atoms with E-state index in [0.717, 1.165) is 31.9 Å². The van der Waals surface area contributed by atoms with Crippen LogP contribution >= 0.6 is 11.6 Å². The second kappa shape index (κ2) is 4.84. The molecule has 0 saturated carbocycles. The van der Waals surface area contributed by atoms with Crippen molar-refractivity contribution < 1.29 is 4.79 Å². The van der Waals surface area contributed by atoms with E-state index in [9.17, 15) is 4.79 Å². The highest BCUT2D eigenvalue weighted by Gasteiger charge is 2.21. The molecular formula is C12H16ClN3O. The van der Waals surface area contributed by atoms with Gasteiger partial charge in [-0.2, -0.15) is 0 Å². The van der Waals surface area contributed by atoms with Gasteiger partial charge in [-0.1, -0.05) is 17.7 Å². The van der Waals surface area contributed by atoms with E-state index in [0.29, 0.717) is 10.7 Å². The molecule has 0 bridgehead atoms. The average Bonchev–Trinajstić information content (AvgIpc) is 2.29. The maximum atomic E-state index is 11.2. The molecule has 1 fully saturated rings. The van der Waals surface area contributed by atoms with Gasteiger partial charge in [0.05, 0.1) is 16.4 Å². The van der Waals surface area contributed by atoms with Crippen molar-refractivity contribution in [3.8, 4) is 0 Å². The number of anilines is 2. The highest BCUT2D eigenvalue weighted by atomic mass is 35.5. The van der Waals surface area contributed by atoms with Crippen LogP contribution in [-0.4, -0.2) is 37.0 Å². The number of hydrogen-bond donors (Lipinski definition) is 1. The number of amides is 1. The molecule has 1 aromatic carbocycles. The van der Waals surface area contributed by atoms with E-state index in [-0.39, 0.29) is 5.91 Å². The maximum absolute atomic E-state index is 11.2. The third-order valence-electron chi connectivity index (χ3n) is 3.06. The zero-order valence-corrected chi connectivity index (χ0v) is 10.6. The first-order chi connectivity index (χ1) is 8.09. The van der Waals surface area contributed by atoms with Crippen LogP contribution in [0.1, 0.15) is 6.92 Å². The molecule has 92 valence electrons. The van der Waals surface area contributed by atoms with Crippen molar-refractivity contribution >= 4 is 28.9 Å². The number of carbonyl (C=O) groups excluding carboxylic acids is 1. The molecule has 2 rings (SSSR count). The Hall–Kier alpha value is -1.42. The Balaban J connectivity index is 2.13. The Bertz CT molecular complexity index is 408. The van der Waals surface area contributed by atoms with Crippen LogP contribution in [0.15, 0.2) is 18.2 Å². The molecule has 1 heterocycles. The highest BCUT2D eigenvalue weighted by Crippen LogP contribution is 2.32. The van der Waals surface area contributed by atoms with E-state index < -0.39 is 0 Å². The summed E-state index contributed by atoms with van der Waals surface area (Å²) in [5.41, 5.74) is 7.52. The quantitative estimate of drug-likeness (QED) is 0.774. The van der Waals surface area contributed by atoms with Gasteiger partial charge in [0, 0.05) is 33.1 Å². The van der Waals surface area contributed by atoms with Crippen molar-refractivity contribution in [3.05, 3.63) is 23.2 Å². The molecule has 2 N–H and O–H groups in total. The van der Waals surface area contributed by atoms with Crippen molar-refractivity contribution in [3.63, 3.8) is 0 Å². The minimum Gasteiger partial charge on any atom is -0.397 e.